The molecule has 2 amide bonds. The lowest BCUT2D eigenvalue weighted by Crippen LogP contribution is -2.47. The van der Waals surface area contributed by atoms with Crippen LogP contribution >= 0.6 is 23.2 Å². The number of halogens is 2. The maximum Gasteiger partial charge on any atom is 0.242 e. The third kappa shape index (κ3) is 8.21. The number of nitrogens with zero attached hydrogens (tertiary/aromatic N) is 2. The SMILES string of the molecule is CCNC(=O)[C@H](C)N(Cc1ccc(Cl)cc1)C(=O)CCCN(c1ccc(Cl)cc1)S(C)(=O)=O. The van der Waals surface area contributed by atoms with Gasteiger partial charge in [-0.2, -0.15) is 0 Å². The van der Waals surface area contributed by atoms with Crippen molar-refractivity contribution >= 4 is 50.7 Å². The van der Waals surface area contributed by atoms with E-state index in [9.17, 15) is 18.0 Å². The molecule has 0 bridgehead atoms. The number of likely N-dealkylation sites (N-methyl/N-ethyl adjacent to an activating group) is 1. The van der Waals surface area contributed by atoms with Crippen molar-refractivity contribution in [3.63, 3.8) is 0 Å². The molecule has 0 aliphatic heterocycles. The van der Waals surface area contributed by atoms with Crippen molar-refractivity contribution in [2.24, 2.45) is 0 Å². The van der Waals surface area contributed by atoms with E-state index in [2.05, 4.69) is 5.32 Å². The summed E-state index contributed by atoms with van der Waals surface area (Å²) in [7, 11) is -3.55. The molecule has 2 aromatic rings. The van der Waals surface area contributed by atoms with Crippen LogP contribution in [-0.4, -0.2) is 50.5 Å². The minimum atomic E-state index is -3.55. The second-order valence-electron chi connectivity index (χ2n) is 7.63. The number of carbonyl (C=O) groups excluding carboxylic acids is 2. The molecule has 0 aromatic heterocycles. The zero-order valence-corrected chi connectivity index (χ0v) is 21.3. The molecule has 0 spiro atoms. The number of nitrogens with one attached hydrogen (secondary N) is 1. The fourth-order valence-corrected chi connectivity index (χ4v) is 4.52. The molecule has 1 atom stereocenters. The van der Waals surface area contributed by atoms with E-state index in [1.54, 1.807) is 55.5 Å². The summed E-state index contributed by atoms with van der Waals surface area (Å²) >= 11 is 11.9. The molecule has 0 heterocycles. The second kappa shape index (κ2) is 12.3. The van der Waals surface area contributed by atoms with E-state index in [0.29, 0.717) is 22.3 Å². The predicted molar refractivity (Wildman–Crippen MR) is 133 cm³/mol. The van der Waals surface area contributed by atoms with Crippen LogP contribution in [0.15, 0.2) is 48.5 Å². The van der Waals surface area contributed by atoms with Gasteiger partial charge in [-0.05, 0) is 62.2 Å². The third-order valence-electron chi connectivity index (χ3n) is 5.05. The maximum atomic E-state index is 13.1. The number of carbonyl (C=O) groups is 2. The van der Waals surface area contributed by atoms with Crippen molar-refractivity contribution in [3.05, 3.63) is 64.1 Å². The summed E-state index contributed by atoms with van der Waals surface area (Å²) in [6, 6.07) is 12.8. The van der Waals surface area contributed by atoms with Gasteiger partial charge in [0.2, 0.25) is 21.8 Å². The molecular formula is C23H29Cl2N3O4S. The van der Waals surface area contributed by atoms with Gasteiger partial charge in [-0.1, -0.05) is 35.3 Å². The number of rotatable bonds is 11. The van der Waals surface area contributed by atoms with Crippen molar-refractivity contribution in [1.82, 2.24) is 10.2 Å². The molecule has 0 saturated heterocycles. The Morgan fingerprint density at radius 2 is 1.55 bits per heavy atom. The van der Waals surface area contributed by atoms with Crippen molar-refractivity contribution in [2.45, 2.75) is 39.3 Å². The van der Waals surface area contributed by atoms with Gasteiger partial charge in [-0.25, -0.2) is 8.42 Å². The van der Waals surface area contributed by atoms with Gasteiger partial charge in [0.05, 0.1) is 11.9 Å². The molecule has 7 nitrogen and oxygen atoms in total. The van der Waals surface area contributed by atoms with Gasteiger partial charge in [0, 0.05) is 36.1 Å². The second-order valence-corrected chi connectivity index (χ2v) is 10.4. The summed E-state index contributed by atoms with van der Waals surface area (Å²) in [5.41, 5.74) is 1.31. The van der Waals surface area contributed by atoms with E-state index in [1.807, 2.05) is 6.92 Å². The van der Waals surface area contributed by atoms with Crippen LogP contribution in [-0.2, 0) is 26.2 Å². The number of hydrogen-bond acceptors (Lipinski definition) is 4. The molecule has 1 N–H and O–H groups in total. The summed E-state index contributed by atoms with van der Waals surface area (Å²) in [6.07, 6.45) is 1.48. The van der Waals surface area contributed by atoms with Crippen LogP contribution in [0.1, 0.15) is 32.3 Å². The Bertz CT molecular complexity index is 1040. The van der Waals surface area contributed by atoms with Gasteiger partial charge in [0.15, 0.2) is 0 Å². The van der Waals surface area contributed by atoms with Gasteiger partial charge < -0.3 is 10.2 Å². The van der Waals surface area contributed by atoms with Crippen LogP contribution in [0, 0.1) is 0 Å². The molecule has 2 aromatic carbocycles. The predicted octanol–water partition coefficient (Wildman–Crippen LogP) is 4.09. The van der Waals surface area contributed by atoms with Gasteiger partial charge in [-0.15, -0.1) is 0 Å². The molecule has 0 fully saturated rings. The topological polar surface area (TPSA) is 86.8 Å². The Labute approximate surface area is 205 Å². The Kier molecular flexibility index (Phi) is 10.0. The lowest BCUT2D eigenvalue weighted by atomic mass is 10.1. The third-order valence-corrected chi connectivity index (χ3v) is 6.75. The van der Waals surface area contributed by atoms with Gasteiger partial charge in [-0.3, -0.25) is 13.9 Å². The summed E-state index contributed by atoms with van der Waals surface area (Å²) < 4.78 is 25.8. The Morgan fingerprint density at radius 3 is 2.06 bits per heavy atom. The van der Waals surface area contributed by atoms with Crippen LogP contribution in [0.3, 0.4) is 0 Å². The highest BCUT2D eigenvalue weighted by atomic mass is 35.5. The molecule has 2 rings (SSSR count). The van der Waals surface area contributed by atoms with E-state index >= 15 is 0 Å². The average Bonchev–Trinajstić information content (AvgIpc) is 2.76. The summed E-state index contributed by atoms with van der Waals surface area (Å²) in [5, 5.41) is 3.82. The Hall–Kier alpha value is -2.29. The largest absolute Gasteiger partial charge is 0.355 e. The quantitative estimate of drug-likeness (QED) is 0.490. The first-order valence-electron chi connectivity index (χ1n) is 10.6. The number of sulfonamides is 1. The zero-order chi connectivity index (χ0) is 24.6. The molecule has 0 radical (unpaired) electrons. The smallest absolute Gasteiger partial charge is 0.242 e. The van der Waals surface area contributed by atoms with Crippen molar-refractivity contribution in [1.29, 1.82) is 0 Å². The summed E-state index contributed by atoms with van der Waals surface area (Å²) in [4.78, 5) is 27.0. The lowest BCUT2D eigenvalue weighted by molar-refractivity contribution is -0.140. The minimum Gasteiger partial charge on any atom is -0.355 e. The fraction of sp³-hybridized carbons (Fsp3) is 0.391. The van der Waals surface area contributed by atoms with Crippen molar-refractivity contribution < 1.29 is 18.0 Å². The maximum absolute atomic E-state index is 13.1. The number of benzene rings is 2. The van der Waals surface area contributed by atoms with E-state index in [4.69, 9.17) is 23.2 Å². The van der Waals surface area contributed by atoms with Crippen LogP contribution in [0.4, 0.5) is 5.69 Å². The molecule has 33 heavy (non-hydrogen) atoms. The van der Waals surface area contributed by atoms with Crippen LogP contribution in [0.25, 0.3) is 0 Å². The molecule has 10 heteroatoms. The Morgan fingerprint density at radius 1 is 1.00 bits per heavy atom. The first-order chi connectivity index (χ1) is 15.5. The number of anilines is 1. The molecule has 0 aliphatic carbocycles. The van der Waals surface area contributed by atoms with Crippen molar-refractivity contribution in [2.75, 3.05) is 23.7 Å². The van der Waals surface area contributed by atoms with Crippen LogP contribution in [0.2, 0.25) is 10.0 Å². The van der Waals surface area contributed by atoms with E-state index in [0.717, 1.165) is 11.8 Å². The van der Waals surface area contributed by atoms with E-state index in [-0.39, 0.29) is 37.7 Å². The van der Waals surface area contributed by atoms with E-state index in [1.165, 1.54) is 9.21 Å². The number of hydrogen-bond donors (Lipinski definition) is 1. The summed E-state index contributed by atoms with van der Waals surface area (Å²) in [5.74, 6) is -0.494. The average molecular weight is 514 g/mol. The minimum absolute atomic E-state index is 0.0803. The highest BCUT2D eigenvalue weighted by Crippen LogP contribution is 2.21. The van der Waals surface area contributed by atoms with Gasteiger partial charge in [0.1, 0.15) is 6.04 Å². The molecular weight excluding hydrogens is 485 g/mol. The lowest BCUT2D eigenvalue weighted by Gasteiger charge is -2.29. The first-order valence-corrected chi connectivity index (χ1v) is 13.2. The summed E-state index contributed by atoms with van der Waals surface area (Å²) in [6.45, 7) is 4.30. The van der Waals surface area contributed by atoms with Crippen LogP contribution in [0.5, 0.6) is 0 Å². The molecule has 0 aliphatic rings. The van der Waals surface area contributed by atoms with E-state index < -0.39 is 16.1 Å². The normalized spacial score (nSPS) is 12.2. The highest BCUT2D eigenvalue weighted by Gasteiger charge is 2.26. The van der Waals surface area contributed by atoms with Crippen LogP contribution < -0.4 is 9.62 Å². The van der Waals surface area contributed by atoms with Gasteiger partial charge in [0.25, 0.3) is 0 Å². The molecule has 0 saturated carbocycles. The molecule has 0 unspecified atom stereocenters. The standard InChI is InChI=1S/C23H29Cl2N3O4S/c1-4-26-23(30)17(2)27(16-18-7-9-19(24)10-8-18)22(29)6-5-15-28(33(3,31)32)21-13-11-20(25)12-14-21/h7-14,17H,4-6,15-16H2,1-3H3,(H,26,30)/t17-/m0/s1. The Balaban J connectivity index is 2.13. The monoisotopic (exact) mass is 513 g/mol. The van der Waals surface area contributed by atoms with Gasteiger partial charge >= 0.3 is 0 Å². The zero-order valence-electron chi connectivity index (χ0n) is 18.9. The molecule has 180 valence electrons. The highest BCUT2D eigenvalue weighted by molar-refractivity contribution is 7.92. The van der Waals surface area contributed by atoms with Crippen molar-refractivity contribution in [3.8, 4) is 0 Å². The number of amides is 2. The first kappa shape index (κ1) is 27.0. The fourth-order valence-electron chi connectivity index (χ4n) is 3.30.